The lowest BCUT2D eigenvalue weighted by molar-refractivity contribution is 0.0687. The molecule has 2 rings (SSSR count). The highest BCUT2D eigenvalue weighted by Crippen LogP contribution is 2.39. The second-order valence-electron chi connectivity index (χ2n) is 7.31. The summed E-state index contributed by atoms with van der Waals surface area (Å²) in [6.45, 7) is 14.9. The van der Waals surface area contributed by atoms with Crippen molar-refractivity contribution in [3.8, 4) is 11.1 Å². The van der Waals surface area contributed by atoms with Gasteiger partial charge in [-0.25, -0.2) is 22.8 Å². The summed E-state index contributed by atoms with van der Waals surface area (Å²) in [4.78, 5) is 15.4. The lowest BCUT2D eigenvalue weighted by atomic mass is 9.97. The number of carboxylic acid groups (broad SMARTS) is 1. The molecule has 0 saturated carbocycles. The summed E-state index contributed by atoms with van der Waals surface area (Å²) >= 11 is 0. The van der Waals surface area contributed by atoms with Gasteiger partial charge >= 0.3 is 5.97 Å². The quantitative estimate of drug-likeness (QED) is 0.637. The van der Waals surface area contributed by atoms with Crippen molar-refractivity contribution in [2.75, 3.05) is 6.54 Å². The SMILES string of the molecule is [C-]#[N+]c1c(-c2ccc(C(C)CNS(=O)(=O)C(C)C)cc2)c(C(=O)O)n(C)c1CC. The summed E-state index contributed by atoms with van der Waals surface area (Å²) in [6.07, 6.45) is 0.555. The number of hydrogen-bond acceptors (Lipinski definition) is 3. The molecule has 0 radical (unpaired) electrons. The van der Waals surface area contributed by atoms with E-state index in [4.69, 9.17) is 6.57 Å². The highest BCUT2D eigenvalue weighted by atomic mass is 32.2. The topological polar surface area (TPSA) is 92.8 Å². The van der Waals surface area contributed by atoms with Crippen LogP contribution in [0.5, 0.6) is 0 Å². The molecule has 0 amide bonds. The van der Waals surface area contributed by atoms with Crippen LogP contribution in [0.1, 0.15) is 55.4 Å². The molecule has 8 heteroatoms. The standard InChI is InChI=1S/C21H27N3O4S/c1-7-17-19(22-5)18(20(21(25)26)24(17)6)16-10-8-15(9-11-16)14(4)12-23-29(27,28)13(2)3/h8-11,13-14,23H,7,12H2,1-4,6H3,(H,25,26). The van der Waals surface area contributed by atoms with Gasteiger partial charge in [0, 0.05) is 24.8 Å². The largest absolute Gasteiger partial charge is 0.477 e. The van der Waals surface area contributed by atoms with Crippen molar-refractivity contribution in [2.24, 2.45) is 7.05 Å². The Hall–Kier alpha value is -2.63. The summed E-state index contributed by atoms with van der Waals surface area (Å²) in [5.74, 6) is -1.13. The van der Waals surface area contributed by atoms with E-state index in [9.17, 15) is 18.3 Å². The third-order valence-electron chi connectivity index (χ3n) is 5.12. The third-order valence-corrected chi connectivity index (χ3v) is 6.93. The summed E-state index contributed by atoms with van der Waals surface area (Å²) in [6, 6.07) is 7.28. The smallest absolute Gasteiger partial charge is 0.351 e. The Labute approximate surface area is 172 Å². The van der Waals surface area contributed by atoms with Gasteiger partial charge in [0.05, 0.1) is 11.8 Å². The normalized spacial score (nSPS) is 12.7. The fourth-order valence-corrected chi connectivity index (χ4v) is 4.09. The van der Waals surface area contributed by atoms with E-state index in [2.05, 4.69) is 9.57 Å². The first-order valence-corrected chi connectivity index (χ1v) is 11.0. The lowest BCUT2D eigenvalue weighted by Gasteiger charge is -2.15. The average molecular weight is 418 g/mol. The van der Waals surface area contributed by atoms with E-state index in [1.54, 1.807) is 37.6 Å². The number of carbonyl (C=O) groups is 1. The van der Waals surface area contributed by atoms with Crippen LogP contribution in [0, 0.1) is 6.57 Å². The van der Waals surface area contributed by atoms with Crippen molar-refractivity contribution in [3.63, 3.8) is 0 Å². The molecule has 156 valence electrons. The Morgan fingerprint density at radius 2 is 1.83 bits per heavy atom. The zero-order valence-electron chi connectivity index (χ0n) is 17.4. The van der Waals surface area contributed by atoms with Crippen LogP contribution in [0.4, 0.5) is 5.69 Å². The predicted octanol–water partition coefficient (Wildman–Crippen LogP) is 3.93. The Bertz CT molecular complexity index is 1050. The van der Waals surface area contributed by atoms with Crippen molar-refractivity contribution in [1.82, 2.24) is 9.29 Å². The maximum atomic E-state index is 11.9. The highest BCUT2D eigenvalue weighted by molar-refractivity contribution is 7.90. The predicted molar refractivity (Wildman–Crippen MR) is 114 cm³/mol. The van der Waals surface area contributed by atoms with Gasteiger partial charge in [0.15, 0.2) is 0 Å². The number of sulfonamides is 1. The molecule has 0 aliphatic heterocycles. The van der Waals surface area contributed by atoms with E-state index in [1.807, 2.05) is 26.0 Å². The number of rotatable bonds is 8. The maximum Gasteiger partial charge on any atom is 0.351 e. The molecule has 0 bridgehead atoms. The van der Waals surface area contributed by atoms with E-state index in [0.717, 1.165) is 5.56 Å². The molecule has 0 spiro atoms. The van der Waals surface area contributed by atoms with Gasteiger partial charge in [0.25, 0.3) is 0 Å². The number of carboxylic acids is 1. The minimum absolute atomic E-state index is 0.0566. The van der Waals surface area contributed by atoms with E-state index >= 15 is 0 Å². The molecule has 1 heterocycles. The van der Waals surface area contributed by atoms with Crippen LogP contribution in [-0.4, -0.2) is 35.9 Å². The molecule has 7 nitrogen and oxygen atoms in total. The zero-order chi connectivity index (χ0) is 21.9. The van der Waals surface area contributed by atoms with Gasteiger partial charge in [-0.3, -0.25) is 0 Å². The first kappa shape index (κ1) is 22.7. The molecule has 0 fully saturated rings. The van der Waals surface area contributed by atoms with Gasteiger partial charge < -0.3 is 9.67 Å². The summed E-state index contributed by atoms with van der Waals surface area (Å²) < 4.78 is 28.1. The van der Waals surface area contributed by atoms with Gasteiger partial charge in [0.1, 0.15) is 5.69 Å². The summed E-state index contributed by atoms with van der Waals surface area (Å²) in [5.41, 5.74) is 3.14. The van der Waals surface area contributed by atoms with E-state index in [0.29, 0.717) is 28.9 Å². The van der Waals surface area contributed by atoms with Crippen LogP contribution in [0.3, 0.4) is 0 Å². The molecule has 1 aromatic carbocycles. The second-order valence-corrected chi connectivity index (χ2v) is 9.64. The van der Waals surface area contributed by atoms with Crippen LogP contribution < -0.4 is 4.72 Å². The molecule has 2 N–H and O–H groups in total. The van der Waals surface area contributed by atoms with Gasteiger partial charge in [-0.15, -0.1) is 0 Å². The summed E-state index contributed by atoms with van der Waals surface area (Å²) in [7, 11) is -1.67. The molecular weight excluding hydrogens is 390 g/mol. The first-order chi connectivity index (χ1) is 13.5. The van der Waals surface area contributed by atoms with Crippen molar-refractivity contribution in [2.45, 2.75) is 45.3 Å². The van der Waals surface area contributed by atoms with E-state index < -0.39 is 21.2 Å². The molecule has 1 unspecified atom stereocenters. The molecule has 0 aliphatic rings. The molecule has 0 aliphatic carbocycles. The second kappa shape index (κ2) is 8.80. The molecule has 29 heavy (non-hydrogen) atoms. The fraction of sp³-hybridized carbons (Fsp3) is 0.429. The Balaban J connectivity index is 2.39. The minimum atomic E-state index is -3.33. The van der Waals surface area contributed by atoms with Crippen LogP contribution in [0.2, 0.25) is 0 Å². The van der Waals surface area contributed by atoms with Crippen molar-refractivity contribution < 1.29 is 18.3 Å². The number of benzene rings is 1. The molecular formula is C21H27N3O4S. The molecule has 2 aromatic rings. The maximum absolute atomic E-state index is 11.9. The zero-order valence-corrected chi connectivity index (χ0v) is 18.2. The van der Waals surface area contributed by atoms with Gasteiger partial charge in [-0.2, -0.15) is 0 Å². The van der Waals surface area contributed by atoms with Crippen molar-refractivity contribution >= 4 is 21.7 Å². The van der Waals surface area contributed by atoms with Crippen LogP contribution in [0.25, 0.3) is 16.0 Å². The fourth-order valence-electron chi connectivity index (χ4n) is 3.27. The summed E-state index contributed by atoms with van der Waals surface area (Å²) in [5, 5.41) is 9.19. The Morgan fingerprint density at radius 1 is 1.24 bits per heavy atom. The average Bonchev–Trinajstić information content (AvgIpc) is 2.97. The van der Waals surface area contributed by atoms with E-state index in [1.165, 1.54) is 0 Å². The van der Waals surface area contributed by atoms with Gasteiger partial charge in [0.2, 0.25) is 15.7 Å². The number of aromatic nitrogens is 1. The number of aromatic carboxylic acids is 1. The number of nitrogens with one attached hydrogen (secondary N) is 1. The molecule has 1 atom stereocenters. The molecule has 1 aromatic heterocycles. The third kappa shape index (κ3) is 4.52. The number of nitrogens with zero attached hydrogens (tertiary/aromatic N) is 2. The van der Waals surface area contributed by atoms with Gasteiger partial charge in [-0.05, 0) is 37.3 Å². The Kier molecular flexibility index (Phi) is 6.88. The monoisotopic (exact) mass is 417 g/mol. The van der Waals surface area contributed by atoms with Crippen LogP contribution in [-0.2, 0) is 23.5 Å². The van der Waals surface area contributed by atoms with Gasteiger partial charge in [-0.1, -0.05) is 38.1 Å². The van der Waals surface area contributed by atoms with Crippen molar-refractivity contribution in [1.29, 1.82) is 0 Å². The number of hydrogen-bond donors (Lipinski definition) is 2. The van der Waals surface area contributed by atoms with Crippen LogP contribution >= 0.6 is 0 Å². The van der Waals surface area contributed by atoms with Crippen molar-refractivity contribution in [3.05, 3.63) is 52.6 Å². The molecule has 0 saturated heterocycles. The first-order valence-electron chi connectivity index (χ1n) is 9.46. The lowest BCUT2D eigenvalue weighted by Crippen LogP contribution is -2.33. The van der Waals surface area contributed by atoms with E-state index in [-0.39, 0.29) is 18.2 Å². The Morgan fingerprint density at radius 3 is 2.28 bits per heavy atom. The minimum Gasteiger partial charge on any atom is -0.477 e. The van der Waals surface area contributed by atoms with Crippen LogP contribution in [0.15, 0.2) is 24.3 Å². The highest BCUT2D eigenvalue weighted by Gasteiger charge is 2.25.